The van der Waals surface area contributed by atoms with E-state index in [1.807, 2.05) is 6.07 Å². The topological polar surface area (TPSA) is 129 Å². The minimum atomic E-state index is -4.01. The van der Waals surface area contributed by atoms with E-state index in [-0.39, 0.29) is 16.4 Å². The molecule has 2 atom stereocenters. The lowest BCUT2D eigenvalue weighted by Crippen LogP contribution is -2.52. The lowest BCUT2D eigenvalue weighted by molar-refractivity contribution is -0.143. The summed E-state index contributed by atoms with van der Waals surface area (Å²) in [5, 5.41) is 13.3. The molecule has 2 aromatic rings. The van der Waals surface area contributed by atoms with E-state index in [1.165, 1.54) is 31.3 Å². The minimum absolute atomic E-state index is 0.0143. The number of rotatable bonds is 5. The van der Waals surface area contributed by atoms with Crippen LogP contribution < -0.4 is 9.61 Å². The quantitative estimate of drug-likeness (QED) is 0.440. The molecule has 0 radical (unpaired) electrons. The maximum Gasteiger partial charge on any atom is 0.339 e. The third-order valence-corrected chi connectivity index (χ3v) is 5.83. The predicted molar refractivity (Wildman–Crippen MR) is 108 cm³/mol. The molecule has 1 N–H and O–H groups in total. The minimum Gasteiger partial charge on any atom is -0.379 e. The summed E-state index contributed by atoms with van der Waals surface area (Å²) >= 11 is 0. The summed E-state index contributed by atoms with van der Waals surface area (Å²) < 4.78 is 29.9. The second-order valence-corrected chi connectivity index (χ2v) is 8.13. The normalized spacial score (nSPS) is 20.7. The molecule has 2 unspecified atom stereocenters. The van der Waals surface area contributed by atoms with Crippen molar-refractivity contribution >= 4 is 33.3 Å². The summed E-state index contributed by atoms with van der Waals surface area (Å²) in [7, 11) is -2.71. The Morgan fingerprint density at radius 3 is 2.50 bits per heavy atom. The van der Waals surface area contributed by atoms with Crippen LogP contribution in [0.15, 0.2) is 64.6 Å². The first-order valence-electron chi connectivity index (χ1n) is 8.89. The molecule has 1 heterocycles. The van der Waals surface area contributed by atoms with Gasteiger partial charge in [-0.15, -0.1) is 0 Å². The molecule has 0 bridgehead atoms. The monoisotopic (exact) mass is 426 g/mol. The first-order valence-corrected chi connectivity index (χ1v) is 10.3. The zero-order valence-corrected chi connectivity index (χ0v) is 17.0. The third-order valence-electron chi connectivity index (χ3n) is 4.57. The van der Waals surface area contributed by atoms with Gasteiger partial charge in [0.05, 0.1) is 11.8 Å². The number of hydrogen-bond acceptors (Lipinski definition) is 8. The van der Waals surface area contributed by atoms with Gasteiger partial charge in [-0.3, -0.25) is 19.9 Å². The number of carbonyl (C=O) groups excluding carboxylic acids is 2. The van der Waals surface area contributed by atoms with E-state index in [0.29, 0.717) is 5.69 Å². The first-order chi connectivity index (χ1) is 14.2. The second kappa shape index (κ2) is 8.34. The van der Waals surface area contributed by atoms with E-state index in [0.717, 1.165) is 4.90 Å². The Kier molecular flexibility index (Phi) is 5.84. The maximum absolute atomic E-state index is 12.4. The summed E-state index contributed by atoms with van der Waals surface area (Å²) in [5.74, 6) is -2.84. The second-order valence-electron chi connectivity index (χ2n) is 6.59. The largest absolute Gasteiger partial charge is 0.379 e. The summed E-state index contributed by atoms with van der Waals surface area (Å²) in [6.07, 6.45) is 0. The van der Waals surface area contributed by atoms with Gasteiger partial charge < -0.3 is 4.18 Å². The third kappa shape index (κ3) is 4.16. The van der Waals surface area contributed by atoms with Gasteiger partial charge in [-0.05, 0) is 24.3 Å². The number of hydrogen-bond donors (Lipinski definition) is 1. The number of anilines is 1. The smallest absolute Gasteiger partial charge is 0.339 e. The van der Waals surface area contributed by atoms with Crippen molar-refractivity contribution in [3.05, 3.63) is 54.6 Å². The molecule has 0 spiro atoms. The van der Waals surface area contributed by atoms with Crippen LogP contribution in [-0.4, -0.2) is 37.9 Å². The Morgan fingerprint density at radius 2 is 1.83 bits per heavy atom. The highest BCUT2D eigenvalue weighted by atomic mass is 32.2. The molecular formula is C20H18N4O5S. The molecule has 30 heavy (non-hydrogen) atoms. The Balaban J connectivity index is 1.81. The molecule has 1 aliphatic heterocycles. The molecule has 154 valence electrons. The van der Waals surface area contributed by atoms with Crippen molar-refractivity contribution in [2.75, 3.05) is 12.5 Å². The molecule has 0 aromatic heterocycles. The maximum atomic E-state index is 12.4. The van der Waals surface area contributed by atoms with Crippen LogP contribution in [0.25, 0.3) is 0 Å². The molecule has 1 aliphatic rings. The number of benzene rings is 2. The van der Waals surface area contributed by atoms with Gasteiger partial charge in [0, 0.05) is 19.0 Å². The number of piperidine rings is 1. The molecule has 2 amide bonds. The van der Waals surface area contributed by atoms with Gasteiger partial charge in [0.2, 0.25) is 5.91 Å². The molecule has 1 fully saturated rings. The highest BCUT2D eigenvalue weighted by Gasteiger charge is 2.42. The first kappa shape index (κ1) is 21.0. The summed E-state index contributed by atoms with van der Waals surface area (Å²) in [5.41, 5.74) is 3.04. The number of likely N-dealkylation sites (tertiary alicyclic amines) is 1. The van der Waals surface area contributed by atoms with Crippen molar-refractivity contribution in [2.24, 2.45) is 16.9 Å². The number of imide groups is 1. The van der Waals surface area contributed by atoms with E-state index >= 15 is 0 Å². The number of amides is 2. The van der Waals surface area contributed by atoms with Crippen LogP contribution in [0.1, 0.15) is 6.92 Å². The lowest BCUT2D eigenvalue weighted by Gasteiger charge is -2.29. The highest BCUT2D eigenvalue weighted by molar-refractivity contribution is 7.87. The SMILES string of the molecule is CC1C(=NNc2cccc(OS(=O)(=O)c3ccccc3)c2)C(=O)N(C)C(=O)C1C#N. The summed E-state index contributed by atoms with van der Waals surface area (Å²) in [4.78, 5) is 25.3. The Labute approximate surface area is 173 Å². The van der Waals surface area contributed by atoms with Crippen molar-refractivity contribution in [3.63, 3.8) is 0 Å². The van der Waals surface area contributed by atoms with Gasteiger partial charge in [0.15, 0.2) is 0 Å². The van der Waals surface area contributed by atoms with Crippen molar-refractivity contribution in [1.82, 2.24) is 4.90 Å². The van der Waals surface area contributed by atoms with Crippen LogP contribution in [-0.2, 0) is 19.7 Å². The molecular weight excluding hydrogens is 408 g/mol. The van der Waals surface area contributed by atoms with E-state index < -0.39 is 33.8 Å². The molecule has 9 nitrogen and oxygen atoms in total. The summed E-state index contributed by atoms with van der Waals surface area (Å²) in [6.45, 7) is 1.57. The number of nitrogens with one attached hydrogen (secondary N) is 1. The average molecular weight is 426 g/mol. The van der Waals surface area contributed by atoms with Gasteiger partial charge in [-0.2, -0.15) is 18.8 Å². The molecule has 3 rings (SSSR count). The van der Waals surface area contributed by atoms with Gasteiger partial charge in [0.25, 0.3) is 5.91 Å². The molecule has 2 aromatic carbocycles. The van der Waals surface area contributed by atoms with Crippen LogP contribution in [0.5, 0.6) is 5.75 Å². The van der Waals surface area contributed by atoms with Crippen molar-refractivity contribution < 1.29 is 22.2 Å². The predicted octanol–water partition coefficient (Wildman–Crippen LogP) is 2.00. The molecule has 0 saturated carbocycles. The van der Waals surface area contributed by atoms with E-state index in [1.54, 1.807) is 37.3 Å². The highest BCUT2D eigenvalue weighted by Crippen LogP contribution is 2.24. The Hall–Kier alpha value is -3.71. The van der Waals surface area contributed by atoms with E-state index in [2.05, 4.69) is 10.5 Å². The number of carbonyl (C=O) groups is 2. The van der Waals surface area contributed by atoms with Crippen molar-refractivity contribution in [3.8, 4) is 11.8 Å². The van der Waals surface area contributed by atoms with Crippen molar-refractivity contribution in [1.29, 1.82) is 5.26 Å². The van der Waals surface area contributed by atoms with Crippen molar-refractivity contribution in [2.45, 2.75) is 11.8 Å². The van der Waals surface area contributed by atoms with Gasteiger partial charge in [0.1, 0.15) is 22.3 Å². The Morgan fingerprint density at radius 1 is 1.13 bits per heavy atom. The fraction of sp³-hybridized carbons (Fsp3) is 0.200. The lowest BCUT2D eigenvalue weighted by atomic mass is 9.85. The Bertz CT molecular complexity index is 1160. The summed E-state index contributed by atoms with van der Waals surface area (Å²) in [6, 6.07) is 15.6. The van der Waals surface area contributed by atoms with Crippen LogP contribution in [0, 0.1) is 23.2 Å². The molecule has 0 aliphatic carbocycles. The van der Waals surface area contributed by atoms with Crippen LogP contribution in [0.4, 0.5) is 5.69 Å². The fourth-order valence-electron chi connectivity index (χ4n) is 2.87. The van der Waals surface area contributed by atoms with E-state index in [4.69, 9.17) is 4.18 Å². The number of hydrazone groups is 1. The fourth-order valence-corrected chi connectivity index (χ4v) is 3.81. The van der Waals surface area contributed by atoms with Gasteiger partial charge in [-0.1, -0.05) is 31.2 Å². The van der Waals surface area contributed by atoms with Gasteiger partial charge in [-0.25, -0.2) is 0 Å². The molecule has 1 saturated heterocycles. The van der Waals surface area contributed by atoms with Crippen LogP contribution >= 0.6 is 0 Å². The zero-order chi connectivity index (χ0) is 21.9. The number of nitrogens with zero attached hydrogens (tertiary/aromatic N) is 3. The van der Waals surface area contributed by atoms with Crippen LogP contribution in [0.2, 0.25) is 0 Å². The number of nitriles is 1. The standard InChI is InChI=1S/C20H18N4O5S/c1-13-17(12-21)19(25)24(2)20(26)18(13)23-22-14-7-6-8-15(11-14)29-30(27,28)16-9-4-3-5-10-16/h3-11,13,17,22H,1-2H3. The zero-order valence-electron chi connectivity index (χ0n) is 16.1. The van der Waals surface area contributed by atoms with E-state index in [9.17, 15) is 23.3 Å². The average Bonchev–Trinajstić information content (AvgIpc) is 2.73. The van der Waals surface area contributed by atoms with Gasteiger partial charge >= 0.3 is 10.1 Å². The molecule has 10 heteroatoms. The van der Waals surface area contributed by atoms with Crippen LogP contribution in [0.3, 0.4) is 0 Å².